The summed E-state index contributed by atoms with van der Waals surface area (Å²) in [6.07, 6.45) is 0. The molecule has 1 N–H and O–H groups in total. The molecule has 0 saturated carbocycles. The molecule has 0 unspecified atom stereocenters. The van der Waals surface area contributed by atoms with Gasteiger partial charge in [-0.25, -0.2) is 0 Å². The molecule has 0 fully saturated rings. The van der Waals surface area contributed by atoms with Crippen LogP contribution in [0.3, 0.4) is 0 Å². The van der Waals surface area contributed by atoms with Crippen LogP contribution < -0.4 is 10.1 Å². The predicted molar refractivity (Wildman–Crippen MR) is 79.0 cm³/mol. The van der Waals surface area contributed by atoms with Crippen LogP contribution in [0.2, 0.25) is 0 Å². The molecule has 0 atom stereocenters. The Hall–Kier alpha value is -1.97. The van der Waals surface area contributed by atoms with E-state index >= 15 is 0 Å². The van der Waals surface area contributed by atoms with E-state index in [2.05, 4.69) is 37.3 Å². The van der Waals surface area contributed by atoms with Crippen molar-refractivity contribution in [2.75, 3.05) is 19.5 Å². The lowest BCUT2D eigenvalue weighted by Gasteiger charge is -2.16. The number of nitrogens with one attached hydrogen (secondary N) is 1. The summed E-state index contributed by atoms with van der Waals surface area (Å²) >= 11 is 0. The number of anilines is 1. The van der Waals surface area contributed by atoms with E-state index in [0.29, 0.717) is 0 Å². The number of aromatic nitrogens is 2. The van der Waals surface area contributed by atoms with Crippen LogP contribution in [0.5, 0.6) is 5.75 Å². The molecule has 4 heteroatoms. The Balaban J connectivity index is 2.73. The number of aryl methyl sites for hydroxylation is 3. The average Bonchev–Trinajstić information content (AvgIpc) is 2.74. The summed E-state index contributed by atoms with van der Waals surface area (Å²) in [6, 6.07) is 4.23. The highest BCUT2D eigenvalue weighted by Gasteiger charge is 2.17. The van der Waals surface area contributed by atoms with Gasteiger partial charge in [-0.05, 0) is 37.5 Å². The predicted octanol–water partition coefficient (Wildman–Crippen LogP) is 3.06. The molecule has 1 heterocycles. The zero-order valence-corrected chi connectivity index (χ0v) is 12.5. The molecule has 0 radical (unpaired) electrons. The fraction of sp³-hybridized carbons (Fsp3) is 0.400. The SMILES string of the molecule is CNc1cc(-c2c(C)cc(C)c(C)c2OC)n(C)n1. The molecular weight excluding hydrogens is 238 g/mol. The second kappa shape index (κ2) is 4.96. The van der Waals surface area contributed by atoms with Gasteiger partial charge in [-0.2, -0.15) is 5.10 Å². The normalized spacial score (nSPS) is 10.6. The summed E-state index contributed by atoms with van der Waals surface area (Å²) in [4.78, 5) is 0. The first-order chi connectivity index (χ1) is 8.99. The minimum atomic E-state index is 0.859. The van der Waals surface area contributed by atoms with Gasteiger partial charge in [-0.3, -0.25) is 4.68 Å². The molecule has 0 aliphatic carbocycles. The third kappa shape index (κ3) is 2.18. The molecule has 0 amide bonds. The standard InChI is InChI=1S/C15H21N3O/c1-9-7-10(2)14(15(19-6)11(9)3)12-8-13(16-4)17-18(12)5/h7-8H,1-6H3,(H,16,17). The summed E-state index contributed by atoms with van der Waals surface area (Å²) in [7, 11) is 5.54. The van der Waals surface area contributed by atoms with E-state index in [1.807, 2.05) is 24.8 Å². The maximum atomic E-state index is 5.63. The number of hydrogen-bond donors (Lipinski definition) is 1. The zero-order valence-electron chi connectivity index (χ0n) is 12.5. The minimum Gasteiger partial charge on any atom is -0.496 e. The van der Waals surface area contributed by atoms with E-state index in [1.165, 1.54) is 16.7 Å². The smallest absolute Gasteiger partial charge is 0.148 e. The van der Waals surface area contributed by atoms with Gasteiger partial charge in [-0.1, -0.05) is 6.07 Å². The van der Waals surface area contributed by atoms with Gasteiger partial charge < -0.3 is 10.1 Å². The van der Waals surface area contributed by atoms with Crippen molar-refractivity contribution in [1.29, 1.82) is 0 Å². The van der Waals surface area contributed by atoms with Crippen LogP contribution in [0.15, 0.2) is 12.1 Å². The molecule has 0 spiro atoms. The highest BCUT2D eigenvalue weighted by molar-refractivity contribution is 5.75. The Kier molecular flexibility index (Phi) is 3.51. The van der Waals surface area contributed by atoms with Crippen LogP contribution >= 0.6 is 0 Å². The third-order valence-electron chi connectivity index (χ3n) is 3.58. The Morgan fingerprint density at radius 3 is 2.37 bits per heavy atom. The Morgan fingerprint density at radius 2 is 1.84 bits per heavy atom. The quantitative estimate of drug-likeness (QED) is 0.920. The Labute approximate surface area is 114 Å². The average molecular weight is 259 g/mol. The summed E-state index contributed by atoms with van der Waals surface area (Å²) in [5.41, 5.74) is 5.79. The van der Waals surface area contributed by atoms with Crippen molar-refractivity contribution >= 4 is 5.82 Å². The van der Waals surface area contributed by atoms with Gasteiger partial charge in [0.2, 0.25) is 0 Å². The van der Waals surface area contributed by atoms with E-state index in [9.17, 15) is 0 Å². The number of nitrogens with zero attached hydrogens (tertiary/aromatic N) is 2. The molecule has 102 valence electrons. The molecule has 0 aliphatic heterocycles. The molecule has 0 saturated heterocycles. The molecule has 0 aliphatic rings. The highest BCUT2D eigenvalue weighted by Crippen LogP contribution is 2.38. The maximum Gasteiger partial charge on any atom is 0.148 e. The summed E-state index contributed by atoms with van der Waals surface area (Å²) in [5.74, 6) is 1.79. The highest BCUT2D eigenvalue weighted by atomic mass is 16.5. The van der Waals surface area contributed by atoms with E-state index in [-0.39, 0.29) is 0 Å². The first-order valence-electron chi connectivity index (χ1n) is 6.36. The van der Waals surface area contributed by atoms with Gasteiger partial charge in [0.25, 0.3) is 0 Å². The lowest BCUT2D eigenvalue weighted by atomic mass is 9.97. The maximum absolute atomic E-state index is 5.63. The summed E-state index contributed by atoms with van der Waals surface area (Å²) < 4.78 is 7.51. The van der Waals surface area contributed by atoms with Crippen molar-refractivity contribution in [2.45, 2.75) is 20.8 Å². The Bertz CT molecular complexity index is 614. The lowest BCUT2D eigenvalue weighted by molar-refractivity contribution is 0.412. The molecule has 0 bridgehead atoms. The second-order valence-electron chi connectivity index (χ2n) is 4.83. The van der Waals surface area contributed by atoms with Crippen molar-refractivity contribution in [2.24, 2.45) is 7.05 Å². The minimum absolute atomic E-state index is 0.859. The van der Waals surface area contributed by atoms with Crippen molar-refractivity contribution in [3.8, 4) is 17.0 Å². The fourth-order valence-electron chi connectivity index (χ4n) is 2.45. The molecule has 19 heavy (non-hydrogen) atoms. The monoisotopic (exact) mass is 259 g/mol. The van der Waals surface area contributed by atoms with Gasteiger partial charge in [0.1, 0.15) is 11.6 Å². The van der Waals surface area contributed by atoms with Crippen LogP contribution in [0.1, 0.15) is 16.7 Å². The van der Waals surface area contributed by atoms with Crippen molar-refractivity contribution in [3.63, 3.8) is 0 Å². The first-order valence-corrected chi connectivity index (χ1v) is 6.36. The largest absolute Gasteiger partial charge is 0.496 e. The van der Waals surface area contributed by atoms with E-state index in [1.54, 1.807) is 7.11 Å². The number of hydrogen-bond acceptors (Lipinski definition) is 3. The van der Waals surface area contributed by atoms with E-state index in [0.717, 1.165) is 22.8 Å². The lowest BCUT2D eigenvalue weighted by Crippen LogP contribution is -2.01. The van der Waals surface area contributed by atoms with Gasteiger partial charge in [0.05, 0.1) is 12.8 Å². The fourth-order valence-corrected chi connectivity index (χ4v) is 2.45. The number of methoxy groups -OCH3 is 1. The van der Waals surface area contributed by atoms with Crippen LogP contribution in [0.25, 0.3) is 11.3 Å². The van der Waals surface area contributed by atoms with Crippen LogP contribution in [-0.2, 0) is 7.05 Å². The topological polar surface area (TPSA) is 39.1 Å². The van der Waals surface area contributed by atoms with E-state index in [4.69, 9.17) is 4.74 Å². The van der Waals surface area contributed by atoms with E-state index < -0.39 is 0 Å². The molecular formula is C15H21N3O. The molecule has 2 aromatic rings. The van der Waals surface area contributed by atoms with Crippen molar-refractivity contribution in [1.82, 2.24) is 9.78 Å². The summed E-state index contributed by atoms with van der Waals surface area (Å²) in [5, 5.41) is 7.49. The van der Waals surface area contributed by atoms with Crippen LogP contribution in [-0.4, -0.2) is 23.9 Å². The number of benzene rings is 1. The summed E-state index contributed by atoms with van der Waals surface area (Å²) in [6.45, 7) is 6.31. The van der Waals surface area contributed by atoms with Gasteiger partial charge >= 0.3 is 0 Å². The van der Waals surface area contributed by atoms with Gasteiger partial charge in [0, 0.05) is 25.7 Å². The van der Waals surface area contributed by atoms with Crippen molar-refractivity contribution < 1.29 is 4.74 Å². The first kappa shape index (κ1) is 13.5. The van der Waals surface area contributed by atoms with Crippen molar-refractivity contribution in [3.05, 3.63) is 28.8 Å². The zero-order chi connectivity index (χ0) is 14.2. The number of rotatable bonds is 3. The molecule has 4 nitrogen and oxygen atoms in total. The van der Waals surface area contributed by atoms with Gasteiger partial charge in [-0.15, -0.1) is 0 Å². The Morgan fingerprint density at radius 1 is 1.16 bits per heavy atom. The van der Waals surface area contributed by atoms with Crippen LogP contribution in [0.4, 0.5) is 5.82 Å². The second-order valence-corrected chi connectivity index (χ2v) is 4.83. The third-order valence-corrected chi connectivity index (χ3v) is 3.58. The molecule has 1 aromatic carbocycles. The molecule has 1 aromatic heterocycles. The van der Waals surface area contributed by atoms with Crippen LogP contribution in [0, 0.1) is 20.8 Å². The number of ether oxygens (including phenoxy) is 1. The molecule has 2 rings (SSSR count). The van der Waals surface area contributed by atoms with Gasteiger partial charge in [0.15, 0.2) is 0 Å².